The van der Waals surface area contributed by atoms with E-state index >= 15 is 0 Å². The molecule has 13 heavy (non-hydrogen) atoms. The van der Waals surface area contributed by atoms with Crippen molar-refractivity contribution in [2.24, 2.45) is 0 Å². The van der Waals surface area contributed by atoms with Crippen LogP contribution in [0.4, 0.5) is 11.6 Å². The van der Waals surface area contributed by atoms with E-state index in [9.17, 15) is 0 Å². The van der Waals surface area contributed by atoms with Crippen molar-refractivity contribution in [1.82, 2.24) is 0 Å². The first-order valence-electron chi connectivity index (χ1n) is 3.63. The molecule has 4 heteroatoms. The summed E-state index contributed by atoms with van der Waals surface area (Å²) in [7, 11) is 0. The summed E-state index contributed by atoms with van der Waals surface area (Å²) in [5.74, 6) is 0.396. The molecule has 0 aliphatic rings. The summed E-state index contributed by atoms with van der Waals surface area (Å²) in [4.78, 5) is 0. The van der Waals surface area contributed by atoms with Crippen molar-refractivity contribution in [1.29, 1.82) is 0 Å². The fourth-order valence-electron chi connectivity index (χ4n) is 1.11. The van der Waals surface area contributed by atoms with Gasteiger partial charge < -0.3 is 23.9 Å². The highest BCUT2D eigenvalue weighted by atomic mass is 35.5. The van der Waals surface area contributed by atoms with Crippen molar-refractivity contribution in [3.8, 4) is 0 Å². The van der Waals surface area contributed by atoms with Gasteiger partial charge in [0.1, 0.15) is 0 Å². The Morgan fingerprint density at radius 1 is 1.00 bits per heavy atom. The molecular formula is C9H9ClN2O. The lowest BCUT2D eigenvalue weighted by atomic mass is 10.2. The van der Waals surface area contributed by atoms with E-state index < -0.39 is 0 Å². The maximum absolute atomic E-state index is 5.57. The summed E-state index contributed by atoms with van der Waals surface area (Å²) in [6.45, 7) is 0. The molecule has 0 atom stereocenters. The average molecular weight is 197 g/mol. The second-order valence-electron chi connectivity index (χ2n) is 2.64. The van der Waals surface area contributed by atoms with E-state index in [1.807, 2.05) is 18.2 Å². The second kappa shape index (κ2) is 3.49. The van der Waals surface area contributed by atoms with Crippen LogP contribution in [0.25, 0.3) is 11.0 Å². The van der Waals surface area contributed by atoms with Crippen LogP contribution in [0.5, 0.6) is 0 Å². The number of nitrogen functional groups attached to an aromatic ring is 2. The van der Waals surface area contributed by atoms with E-state index in [4.69, 9.17) is 15.9 Å². The van der Waals surface area contributed by atoms with Gasteiger partial charge in [0.2, 0.25) is 0 Å². The lowest BCUT2D eigenvalue weighted by Crippen LogP contribution is -3.00. The van der Waals surface area contributed by atoms with E-state index in [0.717, 1.165) is 11.0 Å². The van der Waals surface area contributed by atoms with Crippen LogP contribution >= 0.6 is 0 Å². The minimum absolute atomic E-state index is 0. The largest absolute Gasteiger partial charge is 1.00 e. The summed E-state index contributed by atoms with van der Waals surface area (Å²) < 4.78 is 5.24. The fourth-order valence-corrected chi connectivity index (χ4v) is 1.11. The molecule has 0 spiro atoms. The zero-order valence-electron chi connectivity index (χ0n) is 6.83. The summed E-state index contributed by atoms with van der Waals surface area (Å²) in [6.07, 6.45) is 0. The molecule has 0 saturated heterocycles. The zero-order valence-corrected chi connectivity index (χ0v) is 7.58. The Bertz CT molecular complexity index is 394. The van der Waals surface area contributed by atoms with E-state index in [1.54, 1.807) is 12.1 Å². The van der Waals surface area contributed by atoms with Gasteiger partial charge in [-0.3, -0.25) is 0 Å². The molecule has 2 aromatic rings. The number of hydrogen-bond acceptors (Lipinski definition) is 2. The van der Waals surface area contributed by atoms with Gasteiger partial charge >= 0.3 is 11.5 Å². The van der Waals surface area contributed by atoms with E-state index in [1.165, 1.54) is 0 Å². The molecule has 0 bridgehead atoms. The predicted octanol–water partition coefficient (Wildman–Crippen LogP) is -1.12. The van der Waals surface area contributed by atoms with Gasteiger partial charge in [0, 0.05) is 5.69 Å². The van der Waals surface area contributed by atoms with Crippen LogP contribution in [0.15, 0.2) is 34.7 Å². The van der Waals surface area contributed by atoms with Gasteiger partial charge in [0.25, 0.3) is 0 Å². The van der Waals surface area contributed by atoms with Crippen LogP contribution < -0.4 is 23.9 Å². The van der Waals surface area contributed by atoms with Gasteiger partial charge in [-0.1, -0.05) is 0 Å². The molecular weight excluding hydrogens is 188 g/mol. The highest BCUT2D eigenvalue weighted by Crippen LogP contribution is 2.19. The molecule has 0 radical (unpaired) electrons. The predicted molar refractivity (Wildman–Crippen MR) is 49.4 cm³/mol. The number of rotatable bonds is 0. The Morgan fingerprint density at radius 2 is 1.69 bits per heavy atom. The molecule has 0 saturated carbocycles. The van der Waals surface area contributed by atoms with Gasteiger partial charge in [0.05, 0.1) is 17.5 Å². The first-order chi connectivity index (χ1) is 5.75. The maximum Gasteiger partial charge on any atom is 0.425 e. The zero-order chi connectivity index (χ0) is 8.55. The topological polar surface area (TPSA) is 63.3 Å². The smallest absolute Gasteiger partial charge is 0.425 e. The van der Waals surface area contributed by atoms with Crippen molar-refractivity contribution >= 4 is 22.5 Å². The standard InChI is InChI=1S/C9H9N2O.ClH/c10-7-3-1-6-2-4-9(11)12-8(6)5-7;/h1-5H,10-11H2;1H/q+1;/p-1. The van der Waals surface area contributed by atoms with Crippen molar-refractivity contribution in [3.05, 3.63) is 30.3 Å². The Balaban J connectivity index is 0.000000845. The van der Waals surface area contributed by atoms with E-state index in [2.05, 4.69) is 0 Å². The summed E-state index contributed by atoms with van der Waals surface area (Å²) in [5.41, 5.74) is 12.4. The molecule has 1 heterocycles. The first-order valence-corrected chi connectivity index (χ1v) is 3.63. The van der Waals surface area contributed by atoms with Crippen LogP contribution in [0, 0.1) is 0 Å². The highest BCUT2D eigenvalue weighted by Gasteiger charge is 2.07. The highest BCUT2D eigenvalue weighted by molar-refractivity contribution is 5.80. The van der Waals surface area contributed by atoms with Crippen LogP contribution in [-0.2, 0) is 0 Å². The van der Waals surface area contributed by atoms with Crippen molar-refractivity contribution in [2.45, 2.75) is 0 Å². The molecule has 4 N–H and O–H groups in total. The van der Waals surface area contributed by atoms with Gasteiger partial charge in [0.15, 0.2) is 0 Å². The number of anilines is 2. The second-order valence-corrected chi connectivity index (χ2v) is 2.64. The normalized spacial score (nSPS) is 9.54. The van der Waals surface area contributed by atoms with Crippen LogP contribution in [-0.4, -0.2) is 0 Å². The van der Waals surface area contributed by atoms with E-state index in [0.29, 0.717) is 11.6 Å². The lowest BCUT2D eigenvalue weighted by Gasteiger charge is -1.89. The Kier molecular flexibility index (Phi) is 2.58. The van der Waals surface area contributed by atoms with Gasteiger partial charge in [-0.05, 0) is 18.2 Å². The van der Waals surface area contributed by atoms with Crippen molar-refractivity contribution in [2.75, 3.05) is 11.5 Å². The Hall–Kier alpha value is -1.48. The van der Waals surface area contributed by atoms with Crippen LogP contribution in [0.3, 0.4) is 0 Å². The number of benzene rings is 1. The number of nitrogens with two attached hydrogens (primary N) is 2. The summed E-state index contributed by atoms with van der Waals surface area (Å²) in [5, 5.41) is 0.999. The fraction of sp³-hybridized carbons (Fsp3) is 0. The van der Waals surface area contributed by atoms with Crippen molar-refractivity contribution < 1.29 is 16.8 Å². The van der Waals surface area contributed by atoms with Gasteiger partial charge in [-0.15, -0.1) is 0 Å². The molecule has 0 aliphatic carbocycles. The Labute approximate surface area is 81.8 Å². The SMILES string of the molecule is Nc1ccc2ccc(N)[o+]c2c1.[Cl-]. The minimum Gasteiger partial charge on any atom is -1.00 e. The minimum atomic E-state index is 0. The monoisotopic (exact) mass is 196 g/mol. The Morgan fingerprint density at radius 3 is 2.46 bits per heavy atom. The molecule has 0 amide bonds. The van der Waals surface area contributed by atoms with Crippen LogP contribution in [0.1, 0.15) is 0 Å². The van der Waals surface area contributed by atoms with Crippen LogP contribution in [0.2, 0.25) is 0 Å². The summed E-state index contributed by atoms with van der Waals surface area (Å²) in [6, 6.07) is 9.10. The third kappa shape index (κ3) is 1.81. The summed E-state index contributed by atoms with van der Waals surface area (Å²) >= 11 is 0. The third-order valence-electron chi connectivity index (χ3n) is 1.69. The number of halogens is 1. The lowest BCUT2D eigenvalue weighted by molar-refractivity contribution is -0.00000303. The molecule has 1 aromatic heterocycles. The van der Waals surface area contributed by atoms with Gasteiger partial charge in [-0.2, -0.15) is 4.42 Å². The molecule has 1 aromatic carbocycles. The third-order valence-corrected chi connectivity index (χ3v) is 1.69. The average Bonchev–Trinajstić information content (AvgIpc) is 2.03. The van der Waals surface area contributed by atoms with Crippen molar-refractivity contribution in [3.63, 3.8) is 0 Å². The molecule has 0 aliphatic heterocycles. The molecule has 68 valence electrons. The molecule has 0 fully saturated rings. The maximum atomic E-state index is 5.57. The van der Waals surface area contributed by atoms with E-state index in [-0.39, 0.29) is 12.4 Å². The molecule has 3 nitrogen and oxygen atoms in total. The number of fused-ring (bicyclic) bond motifs is 1. The van der Waals surface area contributed by atoms with Gasteiger partial charge in [-0.25, -0.2) is 0 Å². The number of hydrogen-bond donors (Lipinski definition) is 2. The quantitative estimate of drug-likeness (QED) is 0.415. The molecule has 0 unspecified atom stereocenters. The molecule has 2 rings (SSSR count). The first kappa shape index (κ1) is 9.61.